The number of rotatable bonds is 11. The van der Waals surface area contributed by atoms with Crippen molar-refractivity contribution in [3.8, 4) is 11.1 Å². The van der Waals surface area contributed by atoms with E-state index in [1.807, 2.05) is 0 Å². The molecule has 1 unspecified atom stereocenters. The number of hydrogen-bond acceptors (Lipinski definition) is 8. The predicted octanol–water partition coefficient (Wildman–Crippen LogP) is 2.47. The number of sulfone groups is 1. The molecule has 1 heterocycles. The van der Waals surface area contributed by atoms with E-state index in [1.165, 1.54) is 19.9 Å². The van der Waals surface area contributed by atoms with Gasteiger partial charge < -0.3 is 15.7 Å². The molecule has 202 valence electrons. The van der Waals surface area contributed by atoms with Crippen LogP contribution in [0.4, 0.5) is 4.39 Å². The minimum Gasteiger partial charge on any atom is -0.389 e. The van der Waals surface area contributed by atoms with Crippen LogP contribution in [0, 0.1) is 5.82 Å². The molecular formula is C26H28FN3O6S2. The number of nitrogens with one attached hydrogen (secondary N) is 2. The number of ketones is 1. The fourth-order valence-electron chi connectivity index (χ4n) is 3.87. The Bertz CT molecular complexity index is 1500. The first-order valence-electron chi connectivity index (χ1n) is 12.1. The van der Waals surface area contributed by atoms with Gasteiger partial charge in [0.2, 0.25) is 11.8 Å². The fraction of sp³-hybridized carbons (Fsp3) is 0.385. The maximum Gasteiger partial charge on any atom is 0.245 e. The topological polar surface area (TPSA) is 143 Å². The summed E-state index contributed by atoms with van der Waals surface area (Å²) in [5, 5.41) is 11.4. The molecule has 0 bridgehead atoms. The third-order valence-electron chi connectivity index (χ3n) is 6.12. The largest absolute Gasteiger partial charge is 0.389 e. The van der Waals surface area contributed by atoms with Gasteiger partial charge in [0.05, 0.1) is 16.5 Å². The molecule has 2 aromatic carbocycles. The van der Waals surface area contributed by atoms with Gasteiger partial charge in [0, 0.05) is 12.5 Å². The van der Waals surface area contributed by atoms with Crippen LogP contribution in [0.5, 0.6) is 0 Å². The van der Waals surface area contributed by atoms with Crippen LogP contribution in [-0.2, 0) is 30.6 Å². The Morgan fingerprint density at radius 2 is 1.89 bits per heavy atom. The molecule has 3 aromatic rings. The van der Waals surface area contributed by atoms with Gasteiger partial charge in [-0.2, -0.15) is 0 Å². The van der Waals surface area contributed by atoms with E-state index >= 15 is 4.39 Å². The van der Waals surface area contributed by atoms with Crippen molar-refractivity contribution in [3.63, 3.8) is 0 Å². The van der Waals surface area contributed by atoms with Crippen LogP contribution in [0.1, 0.15) is 42.5 Å². The van der Waals surface area contributed by atoms with E-state index in [4.69, 9.17) is 5.11 Å². The Balaban J connectivity index is 1.67. The van der Waals surface area contributed by atoms with E-state index in [0.717, 1.165) is 24.2 Å². The maximum absolute atomic E-state index is 15.2. The number of fused-ring (bicyclic) bond motifs is 1. The van der Waals surface area contributed by atoms with Gasteiger partial charge in [-0.05, 0) is 55.5 Å². The van der Waals surface area contributed by atoms with E-state index in [2.05, 4.69) is 15.6 Å². The van der Waals surface area contributed by atoms with Crippen molar-refractivity contribution in [1.29, 1.82) is 0 Å². The number of nitrogens with zero attached hydrogens (tertiary/aromatic N) is 1. The summed E-state index contributed by atoms with van der Waals surface area (Å²) in [5.41, 5.74) is 1.68. The van der Waals surface area contributed by atoms with Gasteiger partial charge >= 0.3 is 0 Å². The van der Waals surface area contributed by atoms with Crippen molar-refractivity contribution in [2.24, 2.45) is 0 Å². The number of Topliss-reactive ketones (excluding diaryl/α,β-unsaturated/α-hetero) is 1. The van der Waals surface area contributed by atoms with Crippen LogP contribution in [-0.4, -0.2) is 60.5 Å². The molecule has 1 aliphatic rings. The van der Waals surface area contributed by atoms with Crippen LogP contribution >= 0.6 is 11.3 Å². The molecule has 3 N–H and O–H groups in total. The van der Waals surface area contributed by atoms with Crippen molar-refractivity contribution in [2.45, 2.75) is 49.7 Å². The lowest BCUT2D eigenvalue weighted by Gasteiger charge is -2.17. The van der Waals surface area contributed by atoms with Crippen LogP contribution in [0.15, 0.2) is 36.4 Å². The standard InChI is InChI=1S/C26H28FN3O6S2/c1-14(2)38(35,36)24(25(34)28-12-22(33)29-18-6-7-18)26-30-23-20(27)10-17(11-21(23)37-26)16-5-3-4-15(8-16)9-19(32)13-31/h3-5,8,10-11,14,18,24,31H,6-7,9,12-13H2,1-2H3,(H,28,34)(H,29,33). The van der Waals surface area contributed by atoms with Gasteiger partial charge in [0.25, 0.3) is 0 Å². The minimum atomic E-state index is -4.06. The number of aromatic nitrogens is 1. The average Bonchev–Trinajstić information content (AvgIpc) is 3.58. The molecule has 0 saturated heterocycles. The number of thiazole rings is 1. The summed E-state index contributed by atoms with van der Waals surface area (Å²) in [6, 6.07) is 9.88. The van der Waals surface area contributed by atoms with Crippen molar-refractivity contribution < 1.29 is 32.3 Å². The minimum absolute atomic E-state index is 0.0301. The van der Waals surface area contributed by atoms with Crippen molar-refractivity contribution in [2.75, 3.05) is 13.2 Å². The summed E-state index contributed by atoms with van der Waals surface area (Å²) in [7, 11) is -4.06. The number of hydrogen-bond donors (Lipinski definition) is 3. The van der Waals surface area contributed by atoms with Gasteiger partial charge in [-0.1, -0.05) is 24.3 Å². The van der Waals surface area contributed by atoms with Crippen molar-refractivity contribution in [1.82, 2.24) is 15.6 Å². The SMILES string of the molecule is CC(C)S(=O)(=O)C(C(=O)NCC(=O)NC1CC1)c1nc2c(F)cc(-c3cccc(CC(=O)CO)c3)cc2s1. The molecule has 38 heavy (non-hydrogen) atoms. The summed E-state index contributed by atoms with van der Waals surface area (Å²) in [6.07, 6.45) is 1.77. The average molecular weight is 562 g/mol. The maximum atomic E-state index is 15.2. The Hall–Kier alpha value is -3.22. The van der Waals surface area contributed by atoms with Gasteiger partial charge in [0.15, 0.2) is 26.7 Å². The first-order chi connectivity index (χ1) is 18.0. The second-order valence-electron chi connectivity index (χ2n) is 9.51. The molecule has 2 amide bonds. The van der Waals surface area contributed by atoms with Gasteiger partial charge in [-0.25, -0.2) is 17.8 Å². The second-order valence-corrected chi connectivity index (χ2v) is 13.2. The lowest BCUT2D eigenvalue weighted by molar-refractivity contribution is -0.126. The zero-order valence-electron chi connectivity index (χ0n) is 20.9. The molecule has 1 aliphatic carbocycles. The summed E-state index contributed by atoms with van der Waals surface area (Å²) in [6.45, 7) is 1.93. The number of benzene rings is 2. The van der Waals surface area contributed by atoms with E-state index in [0.29, 0.717) is 21.4 Å². The summed E-state index contributed by atoms with van der Waals surface area (Å²) in [4.78, 5) is 40.9. The quantitative estimate of drug-likeness (QED) is 0.326. The molecule has 0 aliphatic heterocycles. The number of carbonyl (C=O) groups excluding carboxylic acids is 3. The zero-order valence-corrected chi connectivity index (χ0v) is 22.5. The van der Waals surface area contributed by atoms with Gasteiger partial charge in [-0.3, -0.25) is 14.4 Å². The number of halogens is 1. The zero-order chi connectivity index (χ0) is 27.6. The van der Waals surface area contributed by atoms with Crippen LogP contribution in [0.2, 0.25) is 0 Å². The Morgan fingerprint density at radius 1 is 1.16 bits per heavy atom. The first kappa shape index (κ1) is 27.8. The van der Waals surface area contributed by atoms with E-state index in [9.17, 15) is 22.8 Å². The Kier molecular flexibility index (Phi) is 8.24. The highest BCUT2D eigenvalue weighted by Gasteiger charge is 2.39. The third kappa shape index (κ3) is 6.25. The van der Waals surface area contributed by atoms with E-state index < -0.39 is 44.6 Å². The number of amides is 2. The number of aliphatic hydroxyl groups excluding tert-OH is 1. The van der Waals surface area contributed by atoms with E-state index in [-0.39, 0.29) is 35.3 Å². The molecule has 0 radical (unpaired) electrons. The Labute approximate surface area is 223 Å². The van der Waals surface area contributed by atoms with Crippen LogP contribution in [0.25, 0.3) is 21.3 Å². The van der Waals surface area contributed by atoms with Gasteiger partial charge in [0.1, 0.15) is 17.1 Å². The normalized spacial score (nSPS) is 14.4. The van der Waals surface area contributed by atoms with E-state index in [1.54, 1.807) is 30.3 Å². The van der Waals surface area contributed by atoms with Crippen molar-refractivity contribution >= 4 is 49.0 Å². The molecule has 1 aromatic heterocycles. The second kappa shape index (κ2) is 11.3. The predicted molar refractivity (Wildman–Crippen MR) is 142 cm³/mol. The lowest BCUT2D eigenvalue weighted by atomic mass is 10.0. The molecule has 1 saturated carbocycles. The molecule has 1 atom stereocenters. The molecule has 1 fully saturated rings. The monoisotopic (exact) mass is 561 g/mol. The highest BCUT2D eigenvalue weighted by atomic mass is 32.2. The lowest BCUT2D eigenvalue weighted by Crippen LogP contribution is -2.42. The number of aliphatic hydroxyl groups is 1. The molecule has 9 nitrogen and oxygen atoms in total. The fourth-order valence-corrected chi connectivity index (χ4v) is 6.68. The summed E-state index contributed by atoms with van der Waals surface area (Å²) < 4.78 is 41.9. The third-order valence-corrected chi connectivity index (χ3v) is 9.74. The van der Waals surface area contributed by atoms with Crippen LogP contribution < -0.4 is 10.6 Å². The van der Waals surface area contributed by atoms with Gasteiger partial charge in [-0.15, -0.1) is 11.3 Å². The molecule has 12 heteroatoms. The smallest absolute Gasteiger partial charge is 0.245 e. The molecular weight excluding hydrogens is 533 g/mol. The van der Waals surface area contributed by atoms with Crippen LogP contribution in [0.3, 0.4) is 0 Å². The summed E-state index contributed by atoms with van der Waals surface area (Å²) in [5.74, 6) is -2.35. The molecule has 0 spiro atoms. The summed E-state index contributed by atoms with van der Waals surface area (Å²) >= 11 is 0.896. The first-order valence-corrected chi connectivity index (χ1v) is 14.5. The van der Waals surface area contributed by atoms with Crippen molar-refractivity contribution in [3.05, 3.63) is 52.8 Å². The number of carbonyl (C=O) groups is 3. The Morgan fingerprint density at radius 3 is 2.55 bits per heavy atom. The molecule has 4 rings (SSSR count). The highest BCUT2D eigenvalue weighted by molar-refractivity contribution is 7.93. The highest BCUT2D eigenvalue weighted by Crippen LogP contribution is 2.36.